The van der Waals surface area contributed by atoms with Gasteiger partial charge in [0.2, 0.25) is 0 Å². The molecule has 4 rings (SSSR count). The van der Waals surface area contributed by atoms with E-state index in [9.17, 15) is 0 Å². The maximum atomic E-state index is 1.74. The zero-order valence-corrected chi connectivity index (χ0v) is 5.12. The Morgan fingerprint density at radius 3 is 0.889 bits per heavy atom. The zero-order chi connectivity index (χ0) is 5.59. The minimum Gasteiger partial charge on any atom is -0.0359 e. The Morgan fingerprint density at radius 2 is 0.667 bits per heavy atom. The van der Waals surface area contributed by atoms with Gasteiger partial charge in [0.1, 0.15) is 0 Å². The maximum absolute atomic E-state index is 1.74. The van der Waals surface area contributed by atoms with Crippen LogP contribution in [0.15, 0.2) is 0 Å². The molecule has 42 valence electrons. The smallest absolute Gasteiger partial charge is 0.00139 e. The minimum atomic E-state index is 1.36. The molecule has 0 fully saturated rings. The van der Waals surface area contributed by atoms with Gasteiger partial charge in [0.15, 0.2) is 0 Å². The summed E-state index contributed by atoms with van der Waals surface area (Å²) in [5.74, 6) is 0. The summed E-state index contributed by atoms with van der Waals surface area (Å²) in [4.78, 5) is 0. The second-order valence-corrected chi connectivity index (χ2v) is 3.40. The molecule has 0 N–H and O–H groups in total. The van der Waals surface area contributed by atoms with Crippen LogP contribution in [0.3, 0.4) is 0 Å². The highest BCUT2D eigenvalue weighted by molar-refractivity contribution is 5.76. The van der Waals surface area contributed by atoms with Crippen LogP contribution >= 0.6 is 0 Å². The van der Waals surface area contributed by atoms with Crippen molar-refractivity contribution in [1.82, 2.24) is 0 Å². The molecule has 0 heteroatoms. The lowest BCUT2D eigenvalue weighted by Crippen LogP contribution is -1.50. The van der Waals surface area contributed by atoms with E-state index in [1.807, 2.05) is 0 Å². The number of fused-ring (bicyclic) bond motifs is 6. The molecule has 0 aliphatic heterocycles. The largest absolute Gasteiger partial charge is 0.0359 e. The Labute approximate surface area is 53.5 Å². The first-order valence-electron chi connectivity index (χ1n) is 3.62. The van der Waals surface area contributed by atoms with Crippen LogP contribution in [0.2, 0.25) is 0 Å². The van der Waals surface area contributed by atoms with Crippen LogP contribution in [-0.4, -0.2) is 0 Å². The first-order valence-corrected chi connectivity index (χ1v) is 3.62. The molecule has 0 heterocycles. The van der Waals surface area contributed by atoms with E-state index in [1.54, 1.807) is 33.4 Å². The molecule has 3 aliphatic carbocycles. The Balaban J connectivity index is 2.42. The quantitative estimate of drug-likeness (QED) is 0.324. The third kappa shape index (κ3) is 0.230. The van der Waals surface area contributed by atoms with E-state index in [1.165, 1.54) is 19.3 Å². The summed E-state index contributed by atoms with van der Waals surface area (Å²) in [5, 5.41) is 0. The van der Waals surface area contributed by atoms with E-state index in [4.69, 9.17) is 0 Å². The third-order valence-corrected chi connectivity index (χ3v) is 2.87. The average Bonchev–Trinajstić information content (AvgIpc) is 2.64. The Hall–Kier alpha value is -0.780. The van der Waals surface area contributed by atoms with Gasteiger partial charge in [-0.25, -0.2) is 0 Å². The molecule has 0 spiro atoms. The topological polar surface area (TPSA) is 0 Å². The van der Waals surface area contributed by atoms with Crippen molar-refractivity contribution in [2.24, 2.45) is 0 Å². The molecule has 0 atom stereocenters. The molecular weight excluding hydrogens is 108 g/mol. The van der Waals surface area contributed by atoms with E-state index >= 15 is 0 Å². The lowest BCUT2D eigenvalue weighted by Gasteiger charge is -1.67. The van der Waals surface area contributed by atoms with Gasteiger partial charge in [0, 0.05) is 0 Å². The summed E-state index contributed by atoms with van der Waals surface area (Å²) < 4.78 is 0. The van der Waals surface area contributed by atoms with Gasteiger partial charge in [-0.2, -0.15) is 0 Å². The second kappa shape index (κ2) is 0.683. The Bertz CT molecular complexity index is 249. The lowest BCUT2D eigenvalue weighted by molar-refractivity contribution is 1.52. The van der Waals surface area contributed by atoms with Crippen molar-refractivity contribution in [2.45, 2.75) is 19.3 Å². The van der Waals surface area contributed by atoms with Gasteiger partial charge < -0.3 is 0 Å². The predicted molar refractivity (Wildman–Crippen MR) is 34.9 cm³/mol. The monoisotopic (exact) mass is 114 g/mol. The molecule has 0 amide bonds. The van der Waals surface area contributed by atoms with Crippen LogP contribution in [0.1, 0.15) is 33.4 Å². The van der Waals surface area contributed by atoms with E-state index < -0.39 is 0 Å². The highest BCUT2D eigenvalue weighted by Crippen LogP contribution is 2.55. The van der Waals surface area contributed by atoms with Gasteiger partial charge in [-0.15, -0.1) is 0 Å². The van der Waals surface area contributed by atoms with E-state index in [2.05, 4.69) is 0 Å². The van der Waals surface area contributed by atoms with Gasteiger partial charge in [0.25, 0.3) is 0 Å². The van der Waals surface area contributed by atoms with Crippen molar-refractivity contribution in [1.29, 1.82) is 0 Å². The van der Waals surface area contributed by atoms with Crippen molar-refractivity contribution in [3.63, 3.8) is 0 Å². The zero-order valence-electron chi connectivity index (χ0n) is 5.12. The van der Waals surface area contributed by atoms with E-state index in [0.717, 1.165) is 0 Å². The number of hydrogen-bond donors (Lipinski definition) is 0. The number of rotatable bonds is 0. The van der Waals surface area contributed by atoms with Crippen LogP contribution < -0.4 is 0 Å². The number of hydrogen-bond acceptors (Lipinski definition) is 0. The van der Waals surface area contributed by atoms with Crippen molar-refractivity contribution in [3.8, 4) is 0 Å². The molecule has 1 aromatic rings. The normalized spacial score (nSPS) is 20.0. The predicted octanol–water partition coefficient (Wildman–Crippen LogP) is 1.40. The van der Waals surface area contributed by atoms with Crippen LogP contribution in [0.4, 0.5) is 0 Å². The summed E-state index contributed by atoms with van der Waals surface area (Å²) in [6, 6.07) is 0. The van der Waals surface area contributed by atoms with Crippen LogP contribution in [0.25, 0.3) is 0 Å². The van der Waals surface area contributed by atoms with Gasteiger partial charge in [-0.3, -0.25) is 0 Å². The first kappa shape index (κ1) is 3.40. The number of benzene rings is 1. The average molecular weight is 114 g/mol. The standard InChI is InChI=1S/C9H6/c1-4-5(1)7-3-9(7)8-2-6(4)8/h1-3H2. The van der Waals surface area contributed by atoms with Crippen molar-refractivity contribution in [3.05, 3.63) is 33.4 Å². The molecule has 1 aromatic carbocycles. The second-order valence-electron chi connectivity index (χ2n) is 3.40. The Kier molecular flexibility index (Phi) is 0.258. The van der Waals surface area contributed by atoms with Gasteiger partial charge in [-0.05, 0) is 52.6 Å². The van der Waals surface area contributed by atoms with Crippen LogP contribution in [0.5, 0.6) is 0 Å². The molecule has 0 saturated carbocycles. The SMILES string of the molecule is C1c2c3c(c4c(c21)C4)C3. The lowest BCUT2D eigenvalue weighted by atomic mass is 10.4. The van der Waals surface area contributed by atoms with E-state index in [-0.39, 0.29) is 0 Å². The summed E-state index contributed by atoms with van der Waals surface area (Å²) >= 11 is 0. The Morgan fingerprint density at radius 1 is 0.444 bits per heavy atom. The van der Waals surface area contributed by atoms with Gasteiger partial charge in [0.05, 0.1) is 0 Å². The van der Waals surface area contributed by atoms with Crippen molar-refractivity contribution < 1.29 is 0 Å². The first-order chi connectivity index (χ1) is 4.45. The van der Waals surface area contributed by atoms with Gasteiger partial charge in [-0.1, -0.05) is 0 Å². The molecular formula is C9H6. The molecule has 0 radical (unpaired) electrons. The fourth-order valence-electron chi connectivity index (χ4n) is 2.13. The molecule has 0 nitrogen and oxygen atoms in total. The highest BCUT2D eigenvalue weighted by Gasteiger charge is 2.43. The summed E-state index contributed by atoms with van der Waals surface area (Å²) in [6.07, 6.45) is 4.08. The van der Waals surface area contributed by atoms with Crippen molar-refractivity contribution >= 4 is 0 Å². The molecule has 3 aliphatic rings. The fourth-order valence-corrected chi connectivity index (χ4v) is 2.13. The van der Waals surface area contributed by atoms with Gasteiger partial charge >= 0.3 is 0 Å². The van der Waals surface area contributed by atoms with E-state index in [0.29, 0.717) is 0 Å². The fraction of sp³-hybridized carbons (Fsp3) is 0.333. The summed E-state index contributed by atoms with van der Waals surface area (Å²) in [7, 11) is 0. The van der Waals surface area contributed by atoms with Crippen LogP contribution in [0, 0.1) is 0 Å². The highest BCUT2D eigenvalue weighted by atomic mass is 14.5. The molecule has 9 heavy (non-hydrogen) atoms. The maximum Gasteiger partial charge on any atom is -0.00139 e. The molecule has 0 unspecified atom stereocenters. The third-order valence-electron chi connectivity index (χ3n) is 2.87. The van der Waals surface area contributed by atoms with Crippen LogP contribution in [-0.2, 0) is 19.3 Å². The van der Waals surface area contributed by atoms with Crippen molar-refractivity contribution in [2.75, 3.05) is 0 Å². The molecule has 0 bridgehead atoms. The summed E-state index contributed by atoms with van der Waals surface area (Å²) in [5.41, 5.74) is 10.4. The summed E-state index contributed by atoms with van der Waals surface area (Å²) in [6.45, 7) is 0. The molecule has 0 aromatic heterocycles. The molecule has 0 saturated heterocycles. The minimum absolute atomic E-state index is 1.36.